The van der Waals surface area contributed by atoms with E-state index in [4.69, 9.17) is 0 Å². The number of carbonyl (C=O) groups is 1. The number of rotatable bonds is 11. The maximum Gasteiger partial charge on any atom is 0.220 e. The second-order valence-corrected chi connectivity index (χ2v) is 8.27. The molecular weight excluding hydrogens is 387 g/mol. The second kappa shape index (κ2) is 14.7. The molecule has 31 heavy (non-hydrogen) atoms. The zero-order valence-electron chi connectivity index (χ0n) is 20.3. The average molecular weight is 431 g/mol. The van der Waals surface area contributed by atoms with E-state index in [1.807, 2.05) is 32.1 Å². The number of halogens is 1. The molecule has 0 spiro atoms. The summed E-state index contributed by atoms with van der Waals surface area (Å²) in [4.78, 5) is 13.3. The summed E-state index contributed by atoms with van der Waals surface area (Å²) in [6.07, 6.45) is 15.3. The Morgan fingerprint density at radius 3 is 2.42 bits per heavy atom. The highest BCUT2D eigenvalue weighted by Crippen LogP contribution is 2.52. The smallest absolute Gasteiger partial charge is 0.220 e. The fourth-order valence-electron chi connectivity index (χ4n) is 3.47. The monoisotopic (exact) mass is 430 g/mol. The highest BCUT2D eigenvalue weighted by molar-refractivity contribution is 5.73. The molecule has 0 aromatic heterocycles. The number of hydrogen-bond acceptors (Lipinski definition) is 2. The van der Waals surface area contributed by atoms with Crippen molar-refractivity contribution in [2.75, 3.05) is 13.1 Å². The Morgan fingerprint density at radius 1 is 1.19 bits per heavy atom. The lowest BCUT2D eigenvalue weighted by Crippen LogP contribution is -2.28. The number of nitrogens with zero attached hydrogens (tertiary/aromatic N) is 1. The summed E-state index contributed by atoms with van der Waals surface area (Å²) in [6.45, 7) is 14.8. The van der Waals surface area contributed by atoms with Crippen molar-refractivity contribution in [3.63, 3.8) is 0 Å². The van der Waals surface area contributed by atoms with Crippen LogP contribution in [0.25, 0.3) is 6.08 Å². The maximum absolute atomic E-state index is 14.2. The van der Waals surface area contributed by atoms with E-state index < -0.39 is 0 Å². The summed E-state index contributed by atoms with van der Waals surface area (Å²) in [7, 11) is 0. The predicted molar refractivity (Wildman–Crippen MR) is 133 cm³/mol. The minimum absolute atomic E-state index is 0. The van der Waals surface area contributed by atoms with Gasteiger partial charge in [0.1, 0.15) is 5.82 Å². The third kappa shape index (κ3) is 9.65. The second-order valence-electron chi connectivity index (χ2n) is 8.27. The van der Waals surface area contributed by atoms with Crippen LogP contribution in [0.1, 0.15) is 77.8 Å². The third-order valence-corrected chi connectivity index (χ3v) is 5.44. The van der Waals surface area contributed by atoms with Crippen molar-refractivity contribution in [1.29, 1.82) is 0 Å². The quantitative estimate of drug-likeness (QED) is 0.370. The number of benzene rings is 1. The highest BCUT2D eigenvalue weighted by atomic mass is 19.1. The van der Waals surface area contributed by atoms with E-state index >= 15 is 0 Å². The van der Waals surface area contributed by atoms with E-state index in [0.29, 0.717) is 24.6 Å². The highest BCUT2D eigenvalue weighted by Gasteiger charge is 2.43. The molecule has 0 heterocycles. The summed E-state index contributed by atoms with van der Waals surface area (Å²) in [5.41, 5.74) is 2.14. The zero-order valence-corrected chi connectivity index (χ0v) is 20.3. The number of hydrogen-bond donors (Lipinski definition) is 1. The fourth-order valence-corrected chi connectivity index (χ4v) is 3.47. The third-order valence-electron chi connectivity index (χ3n) is 5.44. The standard InChI is InChI=1S/C25H34FNO.C2H6.H3N/c1-5-17-27(21(4)28)18-8-6-7-14-25(15-16-25)23-12-13-24(26)22(19-23)11-9-10-20(2)3;1-2;/h5-6,8-9,11-13,19-20H,1,7,10,14-18H2,2-4H3;1-2H3;1H3/b8-6+,11-9-;;. The van der Waals surface area contributed by atoms with Crippen molar-refractivity contribution in [3.8, 4) is 0 Å². The van der Waals surface area contributed by atoms with Crippen molar-refractivity contribution < 1.29 is 9.18 Å². The molecule has 0 bridgehead atoms. The Hall–Kier alpha value is -2.20. The van der Waals surface area contributed by atoms with Gasteiger partial charge >= 0.3 is 0 Å². The summed E-state index contributed by atoms with van der Waals surface area (Å²) < 4.78 is 14.2. The van der Waals surface area contributed by atoms with Gasteiger partial charge in [-0.05, 0) is 61.1 Å². The van der Waals surface area contributed by atoms with Crippen LogP contribution in [0, 0.1) is 11.7 Å². The van der Waals surface area contributed by atoms with Gasteiger partial charge < -0.3 is 11.1 Å². The zero-order chi connectivity index (χ0) is 22.6. The molecule has 1 aromatic carbocycles. The van der Waals surface area contributed by atoms with Crippen LogP contribution in [0.3, 0.4) is 0 Å². The Labute approximate surface area is 189 Å². The lowest BCUT2D eigenvalue weighted by Gasteiger charge is -2.17. The molecule has 2 rings (SSSR count). The Kier molecular flexibility index (Phi) is 13.7. The largest absolute Gasteiger partial charge is 0.344 e. The van der Waals surface area contributed by atoms with Crippen LogP contribution in [0.5, 0.6) is 0 Å². The van der Waals surface area contributed by atoms with Crippen molar-refractivity contribution in [1.82, 2.24) is 11.1 Å². The number of allylic oxidation sites excluding steroid dienone is 2. The number of amides is 1. The van der Waals surface area contributed by atoms with E-state index in [1.165, 1.54) is 5.56 Å². The van der Waals surface area contributed by atoms with Gasteiger partial charge in [0, 0.05) is 25.6 Å². The van der Waals surface area contributed by atoms with Gasteiger partial charge in [0.15, 0.2) is 0 Å². The summed E-state index contributed by atoms with van der Waals surface area (Å²) in [6, 6.07) is 5.60. The van der Waals surface area contributed by atoms with Crippen LogP contribution in [0.15, 0.2) is 49.1 Å². The van der Waals surface area contributed by atoms with Crippen LogP contribution < -0.4 is 6.15 Å². The molecule has 0 saturated heterocycles. The molecule has 0 radical (unpaired) electrons. The maximum atomic E-state index is 14.2. The number of carbonyl (C=O) groups excluding carboxylic acids is 1. The molecule has 174 valence electrons. The molecule has 1 aliphatic carbocycles. The van der Waals surface area contributed by atoms with Crippen LogP contribution in [-0.4, -0.2) is 23.9 Å². The van der Waals surface area contributed by atoms with Crippen molar-refractivity contribution in [2.45, 2.75) is 72.1 Å². The first kappa shape index (κ1) is 28.8. The van der Waals surface area contributed by atoms with Crippen molar-refractivity contribution >= 4 is 12.0 Å². The van der Waals surface area contributed by atoms with Gasteiger partial charge in [-0.25, -0.2) is 4.39 Å². The van der Waals surface area contributed by atoms with Crippen molar-refractivity contribution in [2.24, 2.45) is 5.92 Å². The topological polar surface area (TPSA) is 55.3 Å². The average Bonchev–Trinajstić information content (AvgIpc) is 3.50. The lowest BCUT2D eigenvalue weighted by atomic mass is 9.89. The molecule has 4 heteroatoms. The molecule has 3 nitrogen and oxygen atoms in total. The van der Waals surface area contributed by atoms with Gasteiger partial charge in [0.2, 0.25) is 5.91 Å². The predicted octanol–water partition coefficient (Wildman–Crippen LogP) is 7.48. The van der Waals surface area contributed by atoms with E-state index in [0.717, 1.165) is 32.1 Å². The summed E-state index contributed by atoms with van der Waals surface area (Å²) in [5, 5.41) is 0. The molecule has 1 aliphatic rings. The van der Waals surface area contributed by atoms with Gasteiger partial charge in [-0.1, -0.05) is 64.1 Å². The SMILES string of the molecule is C=CCN(C/C=C/CCC1(c2ccc(F)c(/C=C\CC(C)C)c2)CC1)C(C)=O.CC.N. The van der Waals surface area contributed by atoms with E-state index in [-0.39, 0.29) is 23.3 Å². The van der Waals surface area contributed by atoms with E-state index in [2.05, 4.69) is 38.7 Å². The van der Waals surface area contributed by atoms with Gasteiger partial charge in [0.05, 0.1) is 0 Å². The summed E-state index contributed by atoms with van der Waals surface area (Å²) in [5.74, 6) is 0.494. The molecule has 1 fully saturated rings. The molecular formula is C27H43FN2O. The normalized spacial score (nSPS) is 14.2. The Balaban J connectivity index is 0.00000291. The van der Waals surface area contributed by atoms with Crippen LogP contribution in [0.2, 0.25) is 0 Å². The molecule has 0 aliphatic heterocycles. The van der Waals surface area contributed by atoms with E-state index in [1.54, 1.807) is 24.0 Å². The van der Waals surface area contributed by atoms with Crippen LogP contribution >= 0.6 is 0 Å². The first-order valence-electron chi connectivity index (χ1n) is 11.4. The molecule has 3 N–H and O–H groups in total. The molecule has 0 unspecified atom stereocenters. The summed E-state index contributed by atoms with van der Waals surface area (Å²) >= 11 is 0. The van der Waals surface area contributed by atoms with E-state index in [9.17, 15) is 9.18 Å². The van der Waals surface area contributed by atoms with Crippen molar-refractivity contribution in [3.05, 3.63) is 66.0 Å². The first-order valence-corrected chi connectivity index (χ1v) is 11.4. The van der Waals surface area contributed by atoms with Gasteiger partial charge in [-0.15, -0.1) is 6.58 Å². The van der Waals surface area contributed by atoms with Crippen LogP contribution in [0.4, 0.5) is 4.39 Å². The lowest BCUT2D eigenvalue weighted by molar-refractivity contribution is -0.127. The first-order chi connectivity index (χ1) is 14.4. The molecule has 0 atom stereocenters. The Morgan fingerprint density at radius 2 is 1.87 bits per heavy atom. The fraction of sp³-hybridized carbons (Fsp3) is 0.519. The van der Waals surface area contributed by atoms with Crippen LogP contribution in [-0.2, 0) is 10.2 Å². The molecule has 1 aromatic rings. The molecule has 1 amide bonds. The van der Waals surface area contributed by atoms with Gasteiger partial charge in [0.25, 0.3) is 0 Å². The van der Waals surface area contributed by atoms with Gasteiger partial charge in [-0.3, -0.25) is 4.79 Å². The minimum atomic E-state index is -0.147. The minimum Gasteiger partial charge on any atom is -0.344 e. The molecule has 1 saturated carbocycles. The van der Waals surface area contributed by atoms with Gasteiger partial charge in [-0.2, -0.15) is 0 Å². The Bertz CT molecular complexity index is 733.